The van der Waals surface area contributed by atoms with Crippen molar-refractivity contribution in [2.75, 3.05) is 13.2 Å². The zero-order valence-electron chi connectivity index (χ0n) is 12.3. The number of aliphatic hydroxyl groups is 1. The van der Waals surface area contributed by atoms with E-state index < -0.39 is 0 Å². The van der Waals surface area contributed by atoms with Crippen LogP contribution in [0.4, 0.5) is 0 Å². The lowest BCUT2D eigenvalue weighted by atomic mass is 10.1. The fourth-order valence-electron chi connectivity index (χ4n) is 2.18. The van der Waals surface area contributed by atoms with Gasteiger partial charge in [0, 0.05) is 31.0 Å². The average molecular weight is 280 g/mol. The van der Waals surface area contributed by atoms with E-state index in [1.165, 1.54) is 11.1 Å². The van der Waals surface area contributed by atoms with Crippen molar-refractivity contribution >= 4 is 0 Å². The predicted octanol–water partition coefficient (Wildman–Crippen LogP) is 2.45. The quantitative estimate of drug-likeness (QED) is 0.855. The summed E-state index contributed by atoms with van der Waals surface area (Å²) >= 11 is 0. The van der Waals surface area contributed by atoms with Crippen LogP contribution < -0.4 is 0 Å². The molecule has 0 spiro atoms. The van der Waals surface area contributed by atoms with Gasteiger partial charge in [0.05, 0.1) is 0 Å². The van der Waals surface area contributed by atoms with E-state index in [4.69, 9.17) is 5.11 Å². The van der Waals surface area contributed by atoms with Crippen LogP contribution in [0.2, 0.25) is 0 Å². The summed E-state index contributed by atoms with van der Waals surface area (Å²) < 4.78 is 0. The molecule has 0 fully saturated rings. The van der Waals surface area contributed by atoms with Crippen molar-refractivity contribution in [1.82, 2.24) is 9.88 Å². The van der Waals surface area contributed by atoms with E-state index in [1.807, 2.05) is 42.7 Å². The van der Waals surface area contributed by atoms with Crippen molar-refractivity contribution in [2.24, 2.45) is 0 Å². The molecule has 0 aliphatic heterocycles. The van der Waals surface area contributed by atoms with Crippen molar-refractivity contribution in [3.8, 4) is 11.8 Å². The molecule has 1 aromatic heterocycles. The van der Waals surface area contributed by atoms with Crippen LogP contribution in [0, 0.1) is 11.8 Å². The summed E-state index contributed by atoms with van der Waals surface area (Å²) in [6.07, 6.45) is 3.65. The second-order valence-corrected chi connectivity index (χ2v) is 4.78. The third-order valence-electron chi connectivity index (χ3n) is 3.32. The molecule has 0 bridgehead atoms. The number of hydrogen-bond acceptors (Lipinski definition) is 3. The van der Waals surface area contributed by atoms with Gasteiger partial charge in [-0.3, -0.25) is 9.88 Å². The lowest BCUT2D eigenvalue weighted by Gasteiger charge is -2.21. The number of benzene rings is 1. The second kappa shape index (κ2) is 8.21. The number of pyridine rings is 1. The fraction of sp³-hybridized carbons (Fsp3) is 0.278. The van der Waals surface area contributed by atoms with Crippen LogP contribution in [0.25, 0.3) is 0 Å². The minimum absolute atomic E-state index is 0.108. The van der Waals surface area contributed by atoms with Crippen LogP contribution in [-0.2, 0) is 13.1 Å². The van der Waals surface area contributed by atoms with Crippen LogP contribution in [0.1, 0.15) is 23.6 Å². The highest BCUT2D eigenvalue weighted by Crippen LogP contribution is 2.13. The molecule has 3 nitrogen and oxygen atoms in total. The van der Waals surface area contributed by atoms with E-state index in [9.17, 15) is 0 Å². The highest BCUT2D eigenvalue weighted by molar-refractivity contribution is 5.41. The molecule has 108 valence electrons. The van der Waals surface area contributed by atoms with Crippen molar-refractivity contribution in [2.45, 2.75) is 20.0 Å². The molecule has 0 atom stereocenters. The monoisotopic (exact) mass is 280 g/mol. The van der Waals surface area contributed by atoms with E-state index in [0.29, 0.717) is 0 Å². The Morgan fingerprint density at radius 2 is 1.86 bits per heavy atom. The number of rotatable bonds is 5. The van der Waals surface area contributed by atoms with E-state index in [1.54, 1.807) is 0 Å². The first-order valence-electron chi connectivity index (χ1n) is 7.12. The predicted molar refractivity (Wildman–Crippen MR) is 84.4 cm³/mol. The van der Waals surface area contributed by atoms with Crippen LogP contribution in [0.15, 0.2) is 48.8 Å². The van der Waals surface area contributed by atoms with Crippen molar-refractivity contribution in [1.29, 1.82) is 0 Å². The van der Waals surface area contributed by atoms with Gasteiger partial charge in [0.1, 0.15) is 6.61 Å². The van der Waals surface area contributed by atoms with E-state index >= 15 is 0 Å². The summed E-state index contributed by atoms with van der Waals surface area (Å²) in [5.41, 5.74) is 3.43. The molecule has 2 rings (SSSR count). The molecule has 0 aliphatic rings. The van der Waals surface area contributed by atoms with Gasteiger partial charge < -0.3 is 5.11 Å². The first kappa shape index (κ1) is 15.2. The van der Waals surface area contributed by atoms with Gasteiger partial charge in [0.2, 0.25) is 0 Å². The summed E-state index contributed by atoms with van der Waals surface area (Å²) in [7, 11) is 0. The van der Waals surface area contributed by atoms with Crippen LogP contribution in [0.5, 0.6) is 0 Å². The average Bonchev–Trinajstić information content (AvgIpc) is 2.54. The van der Waals surface area contributed by atoms with Gasteiger partial charge in [-0.15, -0.1) is 0 Å². The SMILES string of the molecule is CCN(Cc1ccncc1)Cc1ccccc1C#CCO. The zero-order valence-corrected chi connectivity index (χ0v) is 12.3. The first-order valence-corrected chi connectivity index (χ1v) is 7.12. The molecule has 0 amide bonds. The van der Waals surface area contributed by atoms with E-state index in [0.717, 1.165) is 25.2 Å². The number of nitrogens with zero attached hydrogens (tertiary/aromatic N) is 2. The normalized spacial score (nSPS) is 10.2. The third kappa shape index (κ3) is 4.71. The van der Waals surface area contributed by atoms with Crippen LogP contribution in [0.3, 0.4) is 0 Å². The Balaban J connectivity index is 2.11. The van der Waals surface area contributed by atoms with Gasteiger partial charge >= 0.3 is 0 Å². The standard InChI is InChI=1S/C18H20N2O/c1-2-20(14-16-9-11-19-12-10-16)15-18-7-4-3-6-17(18)8-5-13-21/h3-4,6-7,9-12,21H,2,13-15H2,1H3. The van der Waals surface area contributed by atoms with Gasteiger partial charge in [0.15, 0.2) is 0 Å². The zero-order chi connectivity index (χ0) is 14.9. The van der Waals surface area contributed by atoms with Crippen LogP contribution in [-0.4, -0.2) is 28.1 Å². The van der Waals surface area contributed by atoms with Gasteiger partial charge in [-0.25, -0.2) is 0 Å². The topological polar surface area (TPSA) is 36.4 Å². The Kier molecular flexibility index (Phi) is 5.96. The van der Waals surface area contributed by atoms with Crippen molar-refractivity contribution < 1.29 is 5.11 Å². The molecule has 0 radical (unpaired) electrons. The Bertz CT molecular complexity index is 614. The minimum atomic E-state index is -0.108. The molecule has 1 heterocycles. The lowest BCUT2D eigenvalue weighted by molar-refractivity contribution is 0.271. The van der Waals surface area contributed by atoms with E-state index in [-0.39, 0.29) is 6.61 Å². The lowest BCUT2D eigenvalue weighted by Crippen LogP contribution is -2.22. The molecule has 21 heavy (non-hydrogen) atoms. The highest BCUT2D eigenvalue weighted by Gasteiger charge is 2.07. The molecular formula is C18H20N2O. The second-order valence-electron chi connectivity index (χ2n) is 4.78. The number of aromatic nitrogens is 1. The van der Waals surface area contributed by atoms with Crippen molar-refractivity contribution in [3.05, 3.63) is 65.5 Å². The summed E-state index contributed by atoms with van der Waals surface area (Å²) in [4.78, 5) is 6.41. The smallest absolute Gasteiger partial charge is 0.104 e. The summed E-state index contributed by atoms with van der Waals surface area (Å²) in [6.45, 7) is 4.74. The minimum Gasteiger partial charge on any atom is -0.384 e. The van der Waals surface area contributed by atoms with Gasteiger partial charge in [0.25, 0.3) is 0 Å². The Hall–Kier alpha value is -2.15. The largest absolute Gasteiger partial charge is 0.384 e. The first-order chi connectivity index (χ1) is 10.3. The van der Waals surface area contributed by atoms with E-state index in [2.05, 4.69) is 34.7 Å². The molecule has 2 aromatic rings. The third-order valence-corrected chi connectivity index (χ3v) is 3.32. The molecule has 1 aromatic carbocycles. The maximum atomic E-state index is 8.85. The Labute approximate surface area is 126 Å². The Morgan fingerprint density at radius 3 is 2.57 bits per heavy atom. The molecule has 1 N–H and O–H groups in total. The maximum absolute atomic E-state index is 8.85. The van der Waals surface area contributed by atoms with Gasteiger partial charge in [-0.05, 0) is 35.9 Å². The Morgan fingerprint density at radius 1 is 1.10 bits per heavy atom. The molecule has 3 heteroatoms. The maximum Gasteiger partial charge on any atom is 0.104 e. The van der Waals surface area contributed by atoms with Crippen molar-refractivity contribution in [3.63, 3.8) is 0 Å². The molecule has 0 saturated heterocycles. The van der Waals surface area contributed by atoms with Crippen LogP contribution >= 0.6 is 0 Å². The summed E-state index contributed by atoms with van der Waals surface area (Å²) in [6, 6.07) is 12.2. The number of aliphatic hydroxyl groups excluding tert-OH is 1. The number of hydrogen-bond donors (Lipinski definition) is 1. The van der Waals surface area contributed by atoms with Gasteiger partial charge in [-0.2, -0.15) is 0 Å². The summed E-state index contributed by atoms with van der Waals surface area (Å²) in [5.74, 6) is 5.74. The molecule has 0 unspecified atom stereocenters. The summed E-state index contributed by atoms with van der Waals surface area (Å²) in [5, 5.41) is 8.85. The fourth-order valence-corrected chi connectivity index (χ4v) is 2.18. The highest BCUT2D eigenvalue weighted by atomic mass is 16.2. The molecule has 0 aliphatic carbocycles. The molecular weight excluding hydrogens is 260 g/mol. The van der Waals surface area contributed by atoms with Gasteiger partial charge in [-0.1, -0.05) is 37.0 Å². The molecule has 0 saturated carbocycles.